The minimum atomic E-state index is -3.67. The van der Waals surface area contributed by atoms with Crippen molar-refractivity contribution < 1.29 is 22.7 Å². The third kappa shape index (κ3) is 4.66. The number of carbonyl (C=O) groups excluding carboxylic acids is 1. The number of para-hydroxylation sites is 1. The molecule has 0 aromatic heterocycles. The van der Waals surface area contributed by atoms with Gasteiger partial charge in [-0.25, -0.2) is 8.42 Å². The molecule has 1 amide bonds. The molecule has 0 spiro atoms. The molecule has 0 radical (unpaired) electrons. The summed E-state index contributed by atoms with van der Waals surface area (Å²) in [6, 6.07) is 12.0. The van der Waals surface area contributed by atoms with E-state index in [1.54, 1.807) is 6.07 Å². The van der Waals surface area contributed by atoms with E-state index in [0.717, 1.165) is 43.4 Å². The molecule has 1 saturated heterocycles. The molecule has 2 heterocycles. The lowest BCUT2D eigenvalue weighted by molar-refractivity contribution is 0.0227. The molecule has 0 aliphatic carbocycles. The number of nitrogens with zero attached hydrogens (tertiary/aromatic N) is 1. The van der Waals surface area contributed by atoms with Gasteiger partial charge in [0.05, 0.1) is 23.6 Å². The van der Waals surface area contributed by atoms with E-state index in [-0.39, 0.29) is 28.0 Å². The van der Waals surface area contributed by atoms with Crippen molar-refractivity contribution in [3.63, 3.8) is 0 Å². The molecule has 1 atom stereocenters. The first-order chi connectivity index (χ1) is 16.3. The van der Waals surface area contributed by atoms with Crippen molar-refractivity contribution in [1.29, 1.82) is 0 Å². The Morgan fingerprint density at radius 1 is 1.12 bits per heavy atom. The average Bonchev–Trinajstić information content (AvgIpc) is 2.88. The molecule has 2 aromatic rings. The van der Waals surface area contributed by atoms with Crippen LogP contribution in [0.25, 0.3) is 0 Å². The first kappa shape index (κ1) is 24.5. The van der Waals surface area contributed by atoms with Crippen molar-refractivity contribution in [2.45, 2.75) is 68.9 Å². The Labute approximate surface area is 202 Å². The lowest BCUT2D eigenvalue weighted by Crippen LogP contribution is -2.44. The zero-order valence-electron chi connectivity index (χ0n) is 20.2. The molecular weight excluding hydrogens is 452 g/mol. The fourth-order valence-electron chi connectivity index (χ4n) is 4.95. The highest BCUT2D eigenvalue weighted by atomic mass is 32.2. The first-order valence-corrected chi connectivity index (χ1v) is 13.5. The minimum absolute atomic E-state index is 0.115. The lowest BCUT2D eigenvalue weighted by atomic mass is 9.83. The van der Waals surface area contributed by atoms with Crippen LogP contribution in [-0.2, 0) is 10.0 Å². The zero-order chi connectivity index (χ0) is 24.3. The van der Waals surface area contributed by atoms with Crippen molar-refractivity contribution in [3.05, 3.63) is 53.6 Å². The van der Waals surface area contributed by atoms with Gasteiger partial charge in [-0.05, 0) is 49.9 Å². The molecule has 34 heavy (non-hydrogen) atoms. The van der Waals surface area contributed by atoms with Crippen LogP contribution in [0.4, 0.5) is 0 Å². The number of nitrogens with one attached hydrogen (secondary N) is 1. The van der Waals surface area contributed by atoms with Gasteiger partial charge >= 0.3 is 0 Å². The van der Waals surface area contributed by atoms with Gasteiger partial charge in [0, 0.05) is 25.1 Å². The molecule has 2 aliphatic rings. The summed E-state index contributed by atoms with van der Waals surface area (Å²) in [5.74, 6) is 0.749. The van der Waals surface area contributed by atoms with Crippen molar-refractivity contribution in [2.24, 2.45) is 0 Å². The number of sulfonamides is 1. The number of piperidine rings is 1. The molecule has 2 aromatic carbocycles. The minimum Gasteiger partial charge on any atom is -0.496 e. The van der Waals surface area contributed by atoms with Crippen LogP contribution in [0.2, 0.25) is 0 Å². The molecule has 0 saturated carbocycles. The maximum Gasteiger partial charge on any atom is 0.255 e. The lowest BCUT2D eigenvalue weighted by Gasteiger charge is -2.41. The summed E-state index contributed by atoms with van der Waals surface area (Å²) in [7, 11) is -2.19. The van der Waals surface area contributed by atoms with E-state index in [2.05, 4.69) is 19.2 Å². The van der Waals surface area contributed by atoms with Crippen LogP contribution >= 0.6 is 0 Å². The number of benzene rings is 2. The van der Waals surface area contributed by atoms with Crippen molar-refractivity contribution in [2.75, 3.05) is 20.2 Å². The summed E-state index contributed by atoms with van der Waals surface area (Å²) in [6.45, 7) is 5.19. The summed E-state index contributed by atoms with van der Waals surface area (Å²) < 4.78 is 39.7. The van der Waals surface area contributed by atoms with E-state index >= 15 is 0 Å². The molecule has 0 unspecified atom stereocenters. The molecule has 7 nitrogen and oxygen atoms in total. The predicted octanol–water partition coefficient (Wildman–Crippen LogP) is 4.68. The van der Waals surface area contributed by atoms with Gasteiger partial charge in [-0.1, -0.05) is 38.5 Å². The van der Waals surface area contributed by atoms with Gasteiger partial charge in [0.15, 0.2) is 0 Å². The Morgan fingerprint density at radius 2 is 1.82 bits per heavy atom. The van der Waals surface area contributed by atoms with Crippen molar-refractivity contribution >= 4 is 15.9 Å². The average molecular weight is 487 g/mol. The highest BCUT2D eigenvalue weighted by molar-refractivity contribution is 7.89. The number of rotatable bonds is 7. The second kappa shape index (κ2) is 9.96. The molecule has 184 valence electrons. The van der Waals surface area contributed by atoms with Crippen LogP contribution in [-0.4, -0.2) is 44.4 Å². The number of hydrogen-bond acceptors (Lipinski definition) is 5. The standard InChI is InChI=1S/C26H34N2O5S/c1-4-26(5-2)18-22(20-11-7-8-12-24(20)33-26)27-25(29)21-17-19(13-14-23(21)32-3)34(30,31)28-15-9-6-10-16-28/h7-8,11-14,17,22H,4-6,9-10,15-16,18H2,1-3H3,(H,27,29)/t22-/m1/s1. The van der Waals surface area contributed by atoms with E-state index < -0.39 is 10.0 Å². The Morgan fingerprint density at radius 3 is 2.50 bits per heavy atom. The Balaban J connectivity index is 1.66. The third-order valence-corrected chi connectivity index (χ3v) is 9.05. The van der Waals surface area contributed by atoms with Crippen LogP contribution in [0.1, 0.15) is 74.3 Å². The predicted molar refractivity (Wildman–Crippen MR) is 131 cm³/mol. The fraction of sp³-hybridized carbons (Fsp3) is 0.500. The maximum absolute atomic E-state index is 13.5. The second-order valence-corrected chi connectivity index (χ2v) is 11.0. The summed E-state index contributed by atoms with van der Waals surface area (Å²) in [5.41, 5.74) is 0.767. The summed E-state index contributed by atoms with van der Waals surface area (Å²) in [6.07, 6.45) is 5.00. The molecule has 0 bridgehead atoms. The van der Waals surface area contributed by atoms with Crippen LogP contribution in [0.3, 0.4) is 0 Å². The van der Waals surface area contributed by atoms with Gasteiger partial charge in [-0.2, -0.15) is 4.31 Å². The second-order valence-electron chi connectivity index (χ2n) is 9.09. The monoisotopic (exact) mass is 486 g/mol. The summed E-state index contributed by atoms with van der Waals surface area (Å²) in [4.78, 5) is 13.6. The van der Waals surface area contributed by atoms with Gasteiger partial charge in [0.25, 0.3) is 5.91 Å². The van der Waals surface area contributed by atoms with Crippen molar-refractivity contribution in [1.82, 2.24) is 9.62 Å². The summed E-state index contributed by atoms with van der Waals surface area (Å²) >= 11 is 0. The highest BCUT2D eigenvalue weighted by Gasteiger charge is 2.39. The number of hydrogen-bond donors (Lipinski definition) is 1. The Kier molecular flexibility index (Phi) is 7.19. The first-order valence-electron chi connectivity index (χ1n) is 12.1. The largest absolute Gasteiger partial charge is 0.496 e. The van der Waals surface area contributed by atoms with Gasteiger partial charge in [0.1, 0.15) is 17.1 Å². The molecule has 4 rings (SSSR count). The number of amides is 1. The van der Waals surface area contributed by atoms with Crippen LogP contribution in [0.5, 0.6) is 11.5 Å². The van der Waals surface area contributed by atoms with E-state index in [4.69, 9.17) is 9.47 Å². The van der Waals surface area contributed by atoms with E-state index in [1.807, 2.05) is 24.3 Å². The molecule has 1 N–H and O–H groups in total. The highest BCUT2D eigenvalue weighted by Crippen LogP contribution is 2.43. The number of carbonyl (C=O) groups is 1. The van der Waals surface area contributed by atoms with Gasteiger partial charge in [-0.3, -0.25) is 4.79 Å². The Hall–Kier alpha value is -2.58. The van der Waals surface area contributed by atoms with Crippen LogP contribution < -0.4 is 14.8 Å². The number of methoxy groups -OCH3 is 1. The zero-order valence-corrected chi connectivity index (χ0v) is 21.0. The number of fused-ring (bicyclic) bond motifs is 1. The van der Waals surface area contributed by atoms with Crippen LogP contribution in [0, 0.1) is 0 Å². The van der Waals surface area contributed by atoms with Crippen molar-refractivity contribution in [3.8, 4) is 11.5 Å². The quantitative estimate of drug-likeness (QED) is 0.614. The summed E-state index contributed by atoms with van der Waals surface area (Å²) in [5, 5.41) is 3.14. The van der Waals surface area contributed by atoms with E-state index in [9.17, 15) is 13.2 Å². The van der Waals surface area contributed by atoms with Gasteiger partial charge < -0.3 is 14.8 Å². The number of ether oxygens (including phenoxy) is 2. The molecule has 8 heteroatoms. The molecule has 1 fully saturated rings. The van der Waals surface area contributed by atoms with E-state index in [0.29, 0.717) is 25.3 Å². The smallest absolute Gasteiger partial charge is 0.255 e. The van der Waals surface area contributed by atoms with E-state index in [1.165, 1.54) is 23.5 Å². The topological polar surface area (TPSA) is 84.9 Å². The maximum atomic E-state index is 13.5. The van der Waals surface area contributed by atoms with Gasteiger partial charge in [0.2, 0.25) is 10.0 Å². The molecular formula is C26H34N2O5S. The molecule has 2 aliphatic heterocycles. The fourth-order valence-corrected chi connectivity index (χ4v) is 6.49. The SMILES string of the molecule is CCC1(CC)C[C@@H](NC(=O)c2cc(S(=O)(=O)N3CCCCC3)ccc2OC)c2ccccc2O1. The Bertz CT molecular complexity index is 1140. The third-order valence-electron chi connectivity index (χ3n) is 7.16. The van der Waals surface area contributed by atoms with Gasteiger partial charge in [-0.15, -0.1) is 0 Å². The van der Waals surface area contributed by atoms with Crippen LogP contribution in [0.15, 0.2) is 47.4 Å². The normalized spacial score (nSPS) is 20.1.